The minimum absolute atomic E-state index is 0.0396. The number of alkyl halides is 1. The molecule has 0 radical (unpaired) electrons. The van der Waals surface area contributed by atoms with Gasteiger partial charge in [-0.15, -0.1) is 0 Å². The lowest BCUT2D eigenvalue weighted by atomic mass is 10.1. The topological polar surface area (TPSA) is 44.5 Å². The molecule has 1 rings (SSSR count). The highest BCUT2D eigenvalue weighted by molar-refractivity contribution is 5.46. The van der Waals surface area contributed by atoms with Crippen LogP contribution in [0.2, 0.25) is 0 Å². The van der Waals surface area contributed by atoms with Gasteiger partial charge in [0.05, 0.1) is 7.11 Å². The summed E-state index contributed by atoms with van der Waals surface area (Å²) in [5.74, 6) is 1.22. The van der Waals surface area contributed by atoms with Gasteiger partial charge >= 0.3 is 0 Å². The molecular formula is C11H16FNO2. The Balaban J connectivity index is 2.92. The van der Waals surface area contributed by atoms with E-state index in [-0.39, 0.29) is 6.61 Å². The van der Waals surface area contributed by atoms with Gasteiger partial charge in [-0.05, 0) is 24.6 Å². The normalized spacial score (nSPS) is 10.1. The Bertz CT molecular complexity index is 305. The molecule has 0 aliphatic heterocycles. The fourth-order valence-corrected chi connectivity index (χ4v) is 1.38. The molecule has 0 saturated heterocycles. The zero-order valence-corrected chi connectivity index (χ0v) is 8.83. The van der Waals surface area contributed by atoms with Crippen LogP contribution in [0.25, 0.3) is 0 Å². The second kappa shape index (κ2) is 6.24. The molecule has 0 fully saturated rings. The van der Waals surface area contributed by atoms with Crippen LogP contribution in [0.3, 0.4) is 0 Å². The number of hydrogen-bond donors (Lipinski definition) is 1. The average molecular weight is 213 g/mol. The third-order valence-electron chi connectivity index (χ3n) is 2.02. The van der Waals surface area contributed by atoms with E-state index in [4.69, 9.17) is 15.2 Å². The van der Waals surface area contributed by atoms with Gasteiger partial charge in [0, 0.05) is 0 Å². The molecule has 0 spiro atoms. The van der Waals surface area contributed by atoms with E-state index >= 15 is 0 Å². The van der Waals surface area contributed by atoms with Crippen molar-refractivity contribution < 1.29 is 13.9 Å². The number of hydrogen-bond acceptors (Lipinski definition) is 3. The van der Waals surface area contributed by atoms with Gasteiger partial charge in [-0.2, -0.15) is 0 Å². The first-order valence-electron chi connectivity index (χ1n) is 4.88. The fourth-order valence-electron chi connectivity index (χ4n) is 1.38. The molecule has 0 aliphatic rings. The highest BCUT2D eigenvalue weighted by atomic mass is 19.1. The minimum Gasteiger partial charge on any atom is -0.493 e. The van der Waals surface area contributed by atoms with Crippen molar-refractivity contribution in [2.75, 3.05) is 26.9 Å². The molecule has 15 heavy (non-hydrogen) atoms. The predicted molar refractivity (Wildman–Crippen MR) is 57.2 cm³/mol. The van der Waals surface area contributed by atoms with Crippen molar-refractivity contribution in [3.63, 3.8) is 0 Å². The van der Waals surface area contributed by atoms with Gasteiger partial charge in [0.15, 0.2) is 11.5 Å². The zero-order chi connectivity index (χ0) is 11.1. The number of ether oxygens (including phenoxy) is 2. The molecule has 3 nitrogen and oxygen atoms in total. The van der Waals surface area contributed by atoms with Crippen LogP contribution in [0.5, 0.6) is 11.5 Å². The standard InChI is InChI=1S/C11H16FNO2/c1-14-10-4-2-3-9(5-7-13)11(10)15-8-6-12/h2-4H,5-8,13H2,1H3. The van der Waals surface area contributed by atoms with Crippen LogP contribution in [0.1, 0.15) is 5.56 Å². The maximum atomic E-state index is 12.0. The Kier molecular flexibility index (Phi) is 4.90. The number of nitrogens with two attached hydrogens (primary N) is 1. The van der Waals surface area contributed by atoms with Crippen molar-refractivity contribution in [1.82, 2.24) is 0 Å². The van der Waals surface area contributed by atoms with Gasteiger partial charge in [0.1, 0.15) is 13.3 Å². The first-order valence-corrected chi connectivity index (χ1v) is 4.88. The van der Waals surface area contributed by atoms with Gasteiger partial charge in [-0.3, -0.25) is 0 Å². The summed E-state index contributed by atoms with van der Waals surface area (Å²) in [7, 11) is 1.56. The summed E-state index contributed by atoms with van der Waals surface area (Å²) in [5.41, 5.74) is 6.43. The Morgan fingerprint density at radius 1 is 1.40 bits per heavy atom. The van der Waals surface area contributed by atoms with E-state index in [2.05, 4.69) is 0 Å². The van der Waals surface area contributed by atoms with Gasteiger partial charge in [-0.1, -0.05) is 12.1 Å². The van der Waals surface area contributed by atoms with Gasteiger partial charge in [0.25, 0.3) is 0 Å². The molecule has 1 aromatic carbocycles. The lowest BCUT2D eigenvalue weighted by Gasteiger charge is -2.13. The van der Waals surface area contributed by atoms with E-state index in [9.17, 15) is 4.39 Å². The quantitative estimate of drug-likeness (QED) is 0.779. The molecule has 0 aromatic heterocycles. The summed E-state index contributed by atoms with van der Waals surface area (Å²) in [6.07, 6.45) is 0.693. The fraction of sp³-hybridized carbons (Fsp3) is 0.455. The third kappa shape index (κ3) is 3.09. The number of methoxy groups -OCH3 is 1. The second-order valence-corrected chi connectivity index (χ2v) is 3.02. The Hall–Kier alpha value is -1.29. The van der Waals surface area contributed by atoms with E-state index in [1.807, 2.05) is 12.1 Å². The van der Waals surface area contributed by atoms with E-state index < -0.39 is 6.67 Å². The molecule has 0 saturated carbocycles. The molecule has 4 heteroatoms. The van der Waals surface area contributed by atoms with Crippen molar-refractivity contribution >= 4 is 0 Å². The van der Waals surface area contributed by atoms with E-state index in [0.717, 1.165) is 5.56 Å². The summed E-state index contributed by atoms with van der Waals surface area (Å²) in [4.78, 5) is 0. The van der Waals surface area contributed by atoms with Crippen molar-refractivity contribution in [3.8, 4) is 11.5 Å². The maximum Gasteiger partial charge on any atom is 0.164 e. The summed E-state index contributed by atoms with van der Waals surface area (Å²) in [6.45, 7) is 0.0528. The maximum absolute atomic E-state index is 12.0. The smallest absolute Gasteiger partial charge is 0.164 e. The lowest BCUT2D eigenvalue weighted by molar-refractivity contribution is 0.258. The summed E-state index contributed by atoms with van der Waals surface area (Å²) >= 11 is 0. The Morgan fingerprint density at radius 3 is 2.80 bits per heavy atom. The highest BCUT2D eigenvalue weighted by Crippen LogP contribution is 2.31. The van der Waals surface area contributed by atoms with E-state index in [1.54, 1.807) is 13.2 Å². The SMILES string of the molecule is COc1cccc(CCN)c1OCCF. The molecule has 0 atom stereocenters. The highest BCUT2D eigenvalue weighted by Gasteiger charge is 2.09. The molecule has 84 valence electrons. The van der Waals surface area contributed by atoms with Gasteiger partial charge in [-0.25, -0.2) is 4.39 Å². The Morgan fingerprint density at radius 2 is 2.20 bits per heavy atom. The largest absolute Gasteiger partial charge is 0.493 e. The van der Waals surface area contributed by atoms with Crippen LogP contribution in [-0.2, 0) is 6.42 Å². The van der Waals surface area contributed by atoms with Gasteiger partial charge in [0.2, 0.25) is 0 Å². The molecule has 0 aliphatic carbocycles. The van der Waals surface area contributed by atoms with Crippen molar-refractivity contribution in [3.05, 3.63) is 23.8 Å². The predicted octanol–water partition coefficient (Wildman–Crippen LogP) is 1.54. The molecule has 2 N–H and O–H groups in total. The monoisotopic (exact) mass is 213 g/mol. The van der Waals surface area contributed by atoms with E-state index in [1.165, 1.54) is 0 Å². The first-order chi connectivity index (χ1) is 7.33. The number of halogens is 1. The van der Waals surface area contributed by atoms with Crippen LogP contribution in [0.15, 0.2) is 18.2 Å². The van der Waals surface area contributed by atoms with Crippen LogP contribution in [0, 0.1) is 0 Å². The summed E-state index contributed by atoms with van der Waals surface area (Å²) < 4.78 is 22.5. The second-order valence-electron chi connectivity index (χ2n) is 3.02. The first kappa shape index (κ1) is 11.8. The Labute approximate surface area is 89.0 Å². The van der Waals surface area contributed by atoms with E-state index in [0.29, 0.717) is 24.5 Å². The van der Waals surface area contributed by atoms with Crippen molar-refractivity contribution in [1.29, 1.82) is 0 Å². The van der Waals surface area contributed by atoms with Crippen molar-refractivity contribution in [2.45, 2.75) is 6.42 Å². The average Bonchev–Trinajstić information content (AvgIpc) is 2.27. The number of benzene rings is 1. The molecule has 0 bridgehead atoms. The zero-order valence-electron chi connectivity index (χ0n) is 8.83. The minimum atomic E-state index is -0.514. The summed E-state index contributed by atoms with van der Waals surface area (Å²) in [5, 5.41) is 0. The molecule has 0 amide bonds. The molecular weight excluding hydrogens is 197 g/mol. The number of para-hydroxylation sites is 1. The summed E-state index contributed by atoms with van der Waals surface area (Å²) in [6, 6.07) is 5.56. The third-order valence-corrected chi connectivity index (χ3v) is 2.02. The van der Waals surface area contributed by atoms with Crippen LogP contribution in [0.4, 0.5) is 4.39 Å². The number of rotatable bonds is 6. The van der Waals surface area contributed by atoms with Crippen LogP contribution < -0.4 is 15.2 Å². The molecule has 0 heterocycles. The van der Waals surface area contributed by atoms with Gasteiger partial charge < -0.3 is 15.2 Å². The van der Waals surface area contributed by atoms with Crippen LogP contribution >= 0.6 is 0 Å². The molecule has 1 aromatic rings. The molecule has 0 unspecified atom stereocenters. The van der Waals surface area contributed by atoms with Crippen LogP contribution in [-0.4, -0.2) is 26.9 Å². The van der Waals surface area contributed by atoms with Crippen molar-refractivity contribution in [2.24, 2.45) is 5.73 Å². The lowest BCUT2D eigenvalue weighted by Crippen LogP contribution is -2.07.